The Bertz CT molecular complexity index is 785. The van der Waals surface area contributed by atoms with Crippen LogP contribution in [0, 0.1) is 0 Å². The van der Waals surface area contributed by atoms with Gasteiger partial charge in [-0.05, 0) is 26.0 Å². The van der Waals surface area contributed by atoms with E-state index in [-0.39, 0.29) is 23.6 Å². The van der Waals surface area contributed by atoms with Crippen LogP contribution in [0.25, 0.3) is 5.65 Å². The summed E-state index contributed by atoms with van der Waals surface area (Å²) in [6, 6.07) is 3.31. The van der Waals surface area contributed by atoms with E-state index >= 15 is 0 Å². The van der Waals surface area contributed by atoms with Gasteiger partial charge in [-0.1, -0.05) is 0 Å². The number of pyridine rings is 1. The van der Waals surface area contributed by atoms with Crippen molar-refractivity contribution in [3.8, 4) is 0 Å². The van der Waals surface area contributed by atoms with E-state index in [9.17, 15) is 14.7 Å². The number of fused-ring (bicyclic) bond motifs is 1. The zero-order valence-electron chi connectivity index (χ0n) is 14.0. The van der Waals surface area contributed by atoms with E-state index < -0.39 is 5.97 Å². The Balaban J connectivity index is 2.06. The van der Waals surface area contributed by atoms with E-state index in [0.717, 1.165) is 6.54 Å². The van der Waals surface area contributed by atoms with E-state index in [1.54, 1.807) is 22.3 Å². The van der Waals surface area contributed by atoms with Gasteiger partial charge in [-0.15, -0.1) is 10.2 Å². The third-order valence-corrected chi connectivity index (χ3v) is 4.50. The number of aromatic nitrogens is 3. The minimum atomic E-state index is -0.994. The van der Waals surface area contributed by atoms with Gasteiger partial charge in [0.1, 0.15) is 0 Å². The van der Waals surface area contributed by atoms with Gasteiger partial charge >= 0.3 is 5.97 Å². The van der Waals surface area contributed by atoms with Crippen LogP contribution in [0.5, 0.6) is 0 Å². The first-order valence-electron chi connectivity index (χ1n) is 7.97. The normalized spacial score (nSPS) is 19.2. The summed E-state index contributed by atoms with van der Waals surface area (Å²) in [5.41, 5.74) is 0.775. The Morgan fingerprint density at radius 1 is 1.25 bits per heavy atom. The number of piperazine rings is 1. The summed E-state index contributed by atoms with van der Waals surface area (Å²) in [6.45, 7) is 7.71. The van der Waals surface area contributed by atoms with Gasteiger partial charge in [0, 0.05) is 38.8 Å². The molecule has 1 N–H and O–H groups in total. The van der Waals surface area contributed by atoms with E-state index in [0.29, 0.717) is 24.6 Å². The monoisotopic (exact) mass is 331 g/mol. The smallest absolute Gasteiger partial charge is 0.337 e. The average molecular weight is 331 g/mol. The van der Waals surface area contributed by atoms with Crippen LogP contribution in [-0.2, 0) is 4.79 Å². The van der Waals surface area contributed by atoms with Gasteiger partial charge < -0.3 is 10.0 Å². The second-order valence-corrected chi connectivity index (χ2v) is 6.32. The Morgan fingerprint density at radius 3 is 2.62 bits per heavy atom. The highest BCUT2D eigenvalue weighted by atomic mass is 16.4. The Morgan fingerprint density at radius 2 is 2.00 bits per heavy atom. The van der Waals surface area contributed by atoms with Crippen LogP contribution in [0.1, 0.15) is 43.0 Å². The fourth-order valence-electron chi connectivity index (χ4n) is 3.19. The molecule has 0 bridgehead atoms. The van der Waals surface area contributed by atoms with Crippen LogP contribution in [0.15, 0.2) is 18.3 Å². The van der Waals surface area contributed by atoms with Crippen molar-refractivity contribution in [2.24, 2.45) is 0 Å². The lowest BCUT2D eigenvalue weighted by atomic mass is 10.1. The number of aromatic carboxylic acids is 1. The van der Waals surface area contributed by atoms with Crippen LogP contribution >= 0.6 is 0 Å². The standard InChI is InChI=1S/C16H21N5O3/c1-10(2)20-7-6-19(11(3)22)9-13(20)15-18-17-14-5-4-12(16(23)24)8-21(14)15/h4-5,8,10,13H,6-7,9H2,1-3H3,(H,23,24). The fraction of sp³-hybridized carbons (Fsp3) is 0.500. The molecule has 1 aliphatic heterocycles. The molecule has 24 heavy (non-hydrogen) atoms. The second-order valence-electron chi connectivity index (χ2n) is 6.32. The molecule has 1 aliphatic rings. The molecule has 0 aromatic carbocycles. The first kappa shape index (κ1) is 16.4. The largest absolute Gasteiger partial charge is 0.478 e. The second kappa shape index (κ2) is 6.20. The molecule has 2 aromatic heterocycles. The summed E-state index contributed by atoms with van der Waals surface area (Å²) in [6.07, 6.45) is 1.54. The van der Waals surface area contributed by atoms with Crippen molar-refractivity contribution in [1.29, 1.82) is 0 Å². The highest BCUT2D eigenvalue weighted by molar-refractivity contribution is 5.87. The number of amides is 1. The number of nitrogens with zero attached hydrogens (tertiary/aromatic N) is 5. The van der Waals surface area contributed by atoms with Crippen LogP contribution < -0.4 is 0 Å². The highest BCUT2D eigenvalue weighted by Gasteiger charge is 2.34. The topological polar surface area (TPSA) is 91.0 Å². The third-order valence-electron chi connectivity index (χ3n) is 4.50. The number of carboxylic acid groups (broad SMARTS) is 1. The molecule has 1 saturated heterocycles. The molecular formula is C16H21N5O3. The average Bonchev–Trinajstić information content (AvgIpc) is 2.96. The van der Waals surface area contributed by atoms with Gasteiger partial charge in [-0.25, -0.2) is 4.79 Å². The summed E-state index contributed by atoms with van der Waals surface area (Å²) in [5, 5.41) is 17.7. The maximum atomic E-state index is 11.8. The predicted molar refractivity (Wildman–Crippen MR) is 86.8 cm³/mol. The molecule has 3 rings (SSSR count). The summed E-state index contributed by atoms with van der Waals surface area (Å²) < 4.78 is 1.72. The molecule has 0 aliphatic carbocycles. The van der Waals surface area contributed by atoms with Crippen molar-refractivity contribution < 1.29 is 14.7 Å². The quantitative estimate of drug-likeness (QED) is 0.904. The first-order chi connectivity index (χ1) is 11.4. The molecule has 0 saturated carbocycles. The van der Waals surface area contributed by atoms with Gasteiger partial charge in [-0.3, -0.25) is 14.1 Å². The van der Waals surface area contributed by atoms with Gasteiger partial charge in [-0.2, -0.15) is 0 Å². The van der Waals surface area contributed by atoms with E-state index in [4.69, 9.17) is 0 Å². The van der Waals surface area contributed by atoms with E-state index in [1.807, 2.05) is 0 Å². The molecule has 0 radical (unpaired) electrons. The number of carboxylic acids is 1. The van der Waals surface area contributed by atoms with Crippen molar-refractivity contribution in [2.45, 2.75) is 32.9 Å². The molecule has 3 heterocycles. The summed E-state index contributed by atoms with van der Waals surface area (Å²) >= 11 is 0. The minimum Gasteiger partial charge on any atom is -0.478 e. The van der Waals surface area contributed by atoms with E-state index in [1.165, 1.54) is 12.3 Å². The Kier molecular flexibility index (Phi) is 4.23. The molecule has 8 nitrogen and oxygen atoms in total. The lowest BCUT2D eigenvalue weighted by Gasteiger charge is -2.42. The van der Waals surface area contributed by atoms with Gasteiger partial charge in [0.05, 0.1) is 11.6 Å². The number of carbonyl (C=O) groups excluding carboxylic acids is 1. The van der Waals surface area contributed by atoms with Crippen LogP contribution in [0.4, 0.5) is 0 Å². The van der Waals surface area contributed by atoms with Gasteiger partial charge in [0.2, 0.25) is 5.91 Å². The van der Waals surface area contributed by atoms with Crippen molar-refractivity contribution in [1.82, 2.24) is 24.4 Å². The van der Waals surface area contributed by atoms with Gasteiger partial charge in [0.25, 0.3) is 0 Å². The number of rotatable bonds is 3. The lowest BCUT2D eigenvalue weighted by Crippen LogP contribution is -2.52. The Labute approximate surface area is 139 Å². The predicted octanol–water partition coefficient (Wildman–Crippen LogP) is 1.04. The van der Waals surface area contributed by atoms with Crippen LogP contribution in [-0.4, -0.2) is 67.1 Å². The highest BCUT2D eigenvalue weighted by Crippen LogP contribution is 2.27. The van der Waals surface area contributed by atoms with E-state index in [2.05, 4.69) is 28.9 Å². The molecule has 8 heteroatoms. The van der Waals surface area contributed by atoms with Crippen LogP contribution in [0.3, 0.4) is 0 Å². The Hall–Kier alpha value is -2.48. The lowest BCUT2D eigenvalue weighted by molar-refractivity contribution is -0.132. The molecule has 1 atom stereocenters. The summed E-state index contributed by atoms with van der Waals surface area (Å²) in [4.78, 5) is 27.1. The maximum Gasteiger partial charge on any atom is 0.337 e. The van der Waals surface area contributed by atoms with Crippen molar-refractivity contribution in [3.63, 3.8) is 0 Å². The molecule has 1 fully saturated rings. The minimum absolute atomic E-state index is 0.0310. The number of carbonyl (C=O) groups is 2. The van der Waals surface area contributed by atoms with Crippen molar-refractivity contribution >= 4 is 17.5 Å². The molecule has 2 aromatic rings. The zero-order valence-corrected chi connectivity index (χ0v) is 14.0. The maximum absolute atomic E-state index is 11.8. The molecular weight excluding hydrogens is 310 g/mol. The van der Waals surface area contributed by atoms with Gasteiger partial charge in [0.15, 0.2) is 11.5 Å². The third kappa shape index (κ3) is 2.84. The molecule has 1 unspecified atom stereocenters. The number of hydrogen-bond acceptors (Lipinski definition) is 5. The number of hydrogen-bond donors (Lipinski definition) is 1. The summed E-state index contributed by atoms with van der Waals surface area (Å²) in [5.74, 6) is -0.303. The molecule has 1 amide bonds. The molecule has 0 spiro atoms. The van der Waals surface area contributed by atoms with Crippen molar-refractivity contribution in [3.05, 3.63) is 29.7 Å². The van der Waals surface area contributed by atoms with Crippen molar-refractivity contribution in [2.75, 3.05) is 19.6 Å². The fourth-order valence-corrected chi connectivity index (χ4v) is 3.19. The summed E-state index contributed by atoms with van der Waals surface area (Å²) in [7, 11) is 0. The van der Waals surface area contributed by atoms with Crippen LogP contribution in [0.2, 0.25) is 0 Å². The SMILES string of the molecule is CC(=O)N1CCN(C(C)C)C(c2nnc3ccc(C(=O)O)cn23)C1. The first-order valence-corrected chi connectivity index (χ1v) is 7.97. The molecule has 128 valence electrons. The zero-order chi connectivity index (χ0) is 17.4.